The van der Waals surface area contributed by atoms with Crippen LogP contribution >= 0.6 is 0 Å². The maximum Gasteiger partial charge on any atom is 0.289 e. The zero-order valence-electron chi connectivity index (χ0n) is 17.2. The zero-order chi connectivity index (χ0) is 21.8. The van der Waals surface area contributed by atoms with Gasteiger partial charge in [0.2, 0.25) is 0 Å². The summed E-state index contributed by atoms with van der Waals surface area (Å²) in [5, 5.41) is 13.4. The summed E-state index contributed by atoms with van der Waals surface area (Å²) in [6.07, 6.45) is 1.65. The predicted molar refractivity (Wildman–Crippen MR) is 128 cm³/mol. The van der Waals surface area contributed by atoms with Crippen LogP contribution in [0.15, 0.2) is 108 Å². The monoisotopic (exact) mass is 416 g/mol. The van der Waals surface area contributed by atoms with Crippen molar-refractivity contribution in [3.8, 4) is 22.4 Å². The van der Waals surface area contributed by atoms with Gasteiger partial charge in [0.15, 0.2) is 0 Å². The Kier molecular flexibility index (Phi) is 5.29. The molecule has 0 unspecified atom stereocenters. The van der Waals surface area contributed by atoms with E-state index in [-0.39, 0.29) is 5.91 Å². The van der Waals surface area contributed by atoms with Crippen molar-refractivity contribution in [3.63, 3.8) is 0 Å². The van der Waals surface area contributed by atoms with E-state index in [1.807, 2.05) is 84.9 Å². The van der Waals surface area contributed by atoms with Crippen LogP contribution in [0.5, 0.6) is 0 Å². The number of nitrogens with zero attached hydrogens (tertiary/aromatic N) is 2. The van der Waals surface area contributed by atoms with E-state index in [9.17, 15) is 4.79 Å². The smallest absolute Gasteiger partial charge is 0.272 e. The van der Waals surface area contributed by atoms with Gasteiger partial charge in [-0.15, -0.1) is 0 Å². The van der Waals surface area contributed by atoms with Crippen LogP contribution in [0.4, 0.5) is 0 Å². The van der Waals surface area contributed by atoms with E-state index in [2.05, 4.69) is 32.9 Å². The molecular weight excluding hydrogens is 396 g/mol. The summed E-state index contributed by atoms with van der Waals surface area (Å²) in [5.41, 5.74) is 7.77. The summed E-state index contributed by atoms with van der Waals surface area (Å²) in [6.45, 7) is 0. The molecular formula is C27H20N4O. The number of amides is 1. The average molecular weight is 416 g/mol. The number of carbonyl (C=O) groups excluding carboxylic acids is 1. The second-order valence-corrected chi connectivity index (χ2v) is 7.38. The van der Waals surface area contributed by atoms with Gasteiger partial charge in [0, 0.05) is 11.1 Å². The molecule has 0 spiro atoms. The molecule has 0 aliphatic rings. The molecule has 0 atom stereocenters. The van der Waals surface area contributed by atoms with Crippen LogP contribution in [0.2, 0.25) is 0 Å². The molecule has 1 amide bonds. The van der Waals surface area contributed by atoms with Crippen molar-refractivity contribution in [2.75, 3.05) is 0 Å². The van der Waals surface area contributed by atoms with E-state index in [0.29, 0.717) is 11.4 Å². The topological polar surface area (TPSA) is 70.1 Å². The zero-order valence-corrected chi connectivity index (χ0v) is 17.2. The molecule has 0 saturated heterocycles. The molecule has 1 heterocycles. The first-order chi connectivity index (χ1) is 15.8. The van der Waals surface area contributed by atoms with Gasteiger partial charge >= 0.3 is 0 Å². The lowest BCUT2D eigenvalue weighted by atomic mass is 10.0. The number of rotatable bonds is 5. The van der Waals surface area contributed by atoms with Crippen LogP contribution in [-0.2, 0) is 0 Å². The third-order valence-electron chi connectivity index (χ3n) is 5.30. The van der Waals surface area contributed by atoms with Gasteiger partial charge in [0.25, 0.3) is 5.91 Å². The molecule has 5 aromatic rings. The minimum absolute atomic E-state index is 0.346. The van der Waals surface area contributed by atoms with Crippen LogP contribution < -0.4 is 5.43 Å². The first kappa shape index (κ1) is 19.5. The number of nitrogens with one attached hydrogen (secondary N) is 2. The molecule has 5 rings (SSSR count). The summed E-state index contributed by atoms with van der Waals surface area (Å²) in [6, 6.07) is 34.0. The van der Waals surface area contributed by atoms with Gasteiger partial charge in [-0.2, -0.15) is 10.2 Å². The number of hydrogen-bond acceptors (Lipinski definition) is 3. The fraction of sp³-hybridized carbons (Fsp3) is 0. The fourth-order valence-electron chi connectivity index (χ4n) is 3.63. The highest BCUT2D eigenvalue weighted by molar-refractivity contribution is 6.00. The first-order valence-corrected chi connectivity index (χ1v) is 10.3. The Hall–Kier alpha value is -4.51. The van der Waals surface area contributed by atoms with Gasteiger partial charge in [-0.1, -0.05) is 97.1 Å². The molecule has 0 fully saturated rings. The highest BCUT2D eigenvalue weighted by Gasteiger charge is 2.10. The van der Waals surface area contributed by atoms with Crippen molar-refractivity contribution in [2.45, 2.75) is 0 Å². The number of hydrazone groups is 1. The molecule has 4 aromatic carbocycles. The summed E-state index contributed by atoms with van der Waals surface area (Å²) in [7, 11) is 0. The molecule has 2 N–H and O–H groups in total. The van der Waals surface area contributed by atoms with E-state index >= 15 is 0 Å². The number of H-pyrrole nitrogens is 1. The van der Waals surface area contributed by atoms with E-state index in [1.165, 1.54) is 0 Å². The normalized spacial score (nSPS) is 11.1. The first-order valence-electron chi connectivity index (χ1n) is 10.3. The third kappa shape index (κ3) is 4.04. The van der Waals surface area contributed by atoms with Gasteiger partial charge in [-0.3, -0.25) is 9.89 Å². The van der Waals surface area contributed by atoms with Gasteiger partial charge in [-0.05, 0) is 28.0 Å². The van der Waals surface area contributed by atoms with E-state index < -0.39 is 0 Å². The standard InChI is InChI=1S/C27H20N4O/c32-27(31-28-18-23-11-6-10-21-9-4-5-12-24(21)23)26-17-25(29-30-26)22-15-13-20(14-16-22)19-7-2-1-3-8-19/h1-18H,(H,29,30)(H,31,32). The van der Waals surface area contributed by atoms with Crippen LogP contribution in [0.3, 0.4) is 0 Å². The lowest BCUT2D eigenvalue weighted by Gasteiger charge is -2.02. The van der Waals surface area contributed by atoms with Crippen LogP contribution in [0, 0.1) is 0 Å². The molecule has 0 bridgehead atoms. The second-order valence-electron chi connectivity index (χ2n) is 7.38. The largest absolute Gasteiger partial charge is 0.289 e. The van der Waals surface area contributed by atoms with Crippen molar-refractivity contribution >= 4 is 22.9 Å². The number of aromatic nitrogens is 2. The molecule has 5 nitrogen and oxygen atoms in total. The predicted octanol–water partition coefficient (Wildman–Crippen LogP) is 5.66. The van der Waals surface area contributed by atoms with Gasteiger partial charge in [-0.25, -0.2) is 5.43 Å². The number of hydrogen-bond donors (Lipinski definition) is 2. The minimum Gasteiger partial charge on any atom is -0.272 e. The number of aromatic amines is 1. The Labute approximate surface area is 185 Å². The molecule has 1 aromatic heterocycles. The van der Waals surface area contributed by atoms with Crippen molar-refractivity contribution in [1.82, 2.24) is 15.6 Å². The highest BCUT2D eigenvalue weighted by Crippen LogP contribution is 2.24. The molecule has 0 radical (unpaired) electrons. The number of carbonyl (C=O) groups is 1. The summed E-state index contributed by atoms with van der Waals surface area (Å²) in [4.78, 5) is 12.5. The number of benzene rings is 4. The molecule has 154 valence electrons. The average Bonchev–Trinajstić information content (AvgIpc) is 3.35. The maximum absolute atomic E-state index is 12.5. The Morgan fingerprint density at radius 3 is 2.31 bits per heavy atom. The molecule has 0 aliphatic heterocycles. The van der Waals surface area contributed by atoms with Gasteiger partial charge < -0.3 is 0 Å². The van der Waals surface area contributed by atoms with Gasteiger partial charge in [0.1, 0.15) is 5.69 Å². The highest BCUT2D eigenvalue weighted by atomic mass is 16.2. The van der Waals surface area contributed by atoms with Crippen LogP contribution in [0.1, 0.15) is 16.1 Å². The van der Waals surface area contributed by atoms with Crippen molar-refractivity contribution in [2.24, 2.45) is 5.10 Å². The summed E-state index contributed by atoms with van der Waals surface area (Å²) >= 11 is 0. The van der Waals surface area contributed by atoms with E-state index in [0.717, 1.165) is 33.0 Å². The second kappa shape index (κ2) is 8.70. The van der Waals surface area contributed by atoms with E-state index in [1.54, 1.807) is 12.3 Å². The van der Waals surface area contributed by atoms with Gasteiger partial charge in [0.05, 0.1) is 11.9 Å². The van der Waals surface area contributed by atoms with Crippen molar-refractivity contribution in [3.05, 3.63) is 114 Å². The Morgan fingerprint density at radius 2 is 1.47 bits per heavy atom. The van der Waals surface area contributed by atoms with Crippen molar-refractivity contribution in [1.29, 1.82) is 0 Å². The summed E-state index contributed by atoms with van der Waals surface area (Å²) in [5.74, 6) is -0.346. The quantitative estimate of drug-likeness (QED) is 0.287. The van der Waals surface area contributed by atoms with Crippen LogP contribution in [-0.4, -0.2) is 22.3 Å². The maximum atomic E-state index is 12.5. The fourth-order valence-corrected chi connectivity index (χ4v) is 3.63. The lowest BCUT2D eigenvalue weighted by molar-refractivity contribution is 0.0950. The summed E-state index contributed by atoms with van der Waals surface area (Å²) < 4.78 is 0. The van der Waals surface area contributed by atoms with Crippen molar-refractivity contribution < 1.29 is 4.79 Å². The minimum atomic E-state index is -0.346. The van der Waals surface area contributed by atoms with Crippen LogP contribution in [0.25, 0.3) is 33.2 Å². The Morgan fingerprint density at radius 1 is 0.781 bits per heavy atom. The molecule has 0 aliphatic carbocycles. The lowest BCUT2D eigenvalue weighted by Crippen LogP contribution is -2.18. The molecule has 0 saturated carbocycles. The SMILES string of the molecule is O=C(NN=Cc1cccc2ccccc12)c1cc(-c2ccc(-c3ccccc3)cc2)n[nH]1. The third-order valence-corrected chi connectivity index (χ3v) is 5.30. The Bertz CT molecular complexity index is 1400. The molecule has 5 heteroatoms. The number of fused-ring (bicyclic) bond motifs is 1. The Balaban J connectivity index is 1.28. The molecule has 32 heavy (non-hydrogen) atoms. The van der Waals surface area contributed by atoms with E-state index in [4.69, 9.17) is 0 Å².